The van der Waals surface area contributed by atoms with E-state index in [4.69, 9.17) is 0 Å². The van der Waals surface area contributed by atoms with Gasteiger partial charge in [0, 0.05) is 18.8 Å². The summed E-state index contributed by atoms with van der Waals surface area (Å²) in [5.41, 5.74) is 2.22. The zero-order chi connectivity index (χ0) is 22.6. The van der Waals surface area contributed by atoms with Crippen molar-refractivity contribution in [2.45, 2.75) is 32.7 Å². The van der Waals surface area contributed by atoms with Crippen LogP contribution in [-0.2, 0) is 14.8 Å². The van der Waals surface area contributed by atoms with Gasteiger partial charge in [0.1, 0.15) is 12.4 Å². The molecule has 3 rings (SSSR count). The second-order valence-electron chi connectivity index (χ2n) is 8.30. The summed E-state index contributed by atoms with van der Waals surface area (Å²) in [7, 11) is -3.75. The summed E-state index contributed by atoms with van der Waals surface area (Å²) in [5.74, 6) is -0.260. The molecule has 0 bridgehead atoms. The van der Waals surface area contributed by atoms with Gasteiger partial charge in [0.15, 0.2) is 0 Å². The molecule has 1 fully saturated rings. The Hall–Kier alpha value is -2.61. The lowest BCUT2D eigenvalue weighted by molar-refractivity contribution is -0.120. The standard InChI is InChI=1S/C23H30FN3O3S/c1-17-11-13-26(14-12-17)21-9-7-19(8-10-21)18(2)25-23(28)16-27(31(3,29)30)22-6-4-5-20(24)15-22/h4-10,15,17-18H,11-14,16H2,1-3H3,(H,25,28). The minimum absolute atomic E-state index is 0.116. The quantitative estimate of drug-likeness (QED) is 0.703. The molecular weight excluding hydrogens is 417 g/mol. The number of halogens is 1. The van der Waals surface area contributed by atoms with E-state index in [-0.39, 0.29) is 11.7 Å². The van der Waals surface area contributed by atoms with E-state index in [0.29, 0.717) is 0 Å². The molecule has 31 heavy (non-hydrogen) atoms. The van der Waals surface area contributed by atoms with E-state index in [9.17, 15) is 17.6 Å². The minimum atomic E-state index is -3.75. The van der Waals surface area contributed by atoms with Crippen molar-refractivity contribution in [3.8, 4) is 0 Å². The zero-order valence-corrected chi connectivity index (χ0v) is 19.0. The van der Waals surface area contributed by atoms with E-state index in [1.807, 2.05) is 19.1 Å². The number of piperidine rings is 1. The molecule has 0 aromatic heterocycles. The summed E-state index contributed by atoms with van der Waals surface area (Å²) in [6, 6.07) is 13.0. The fourth-order valence-corrected chi connectivity index (χ4v) is 4.62. The summed E-state index contributed by atoms with van der Waals surface area (Å²) in [6.07, 6.45) is 3.38. The Kier molecular flexibility index (Phi) is 7.20. The molecule has 1 amide bonds. The first kappa shape index (κ1) is 23.1. The molecule has 0 saturated carbocycles. The van der Waals surface area contributed by atoms with Gasteiger partial charge in [-0.25, -0.2) is 12.8 Å². The lowest BCUT2D eigenvalue weighted by atomic mass is 9.98. The average Bonchev–Trinajstić information content (AvgIpc) is 2.72. The van der Waals surface area contributed by atoms with Gasteiger partial charge in [-0.2, -0.15) is 0 Å². The van der Waals surface area contributed by atoms with Crippen LogP contribution in [0, 0.1) is 11.7 Å². The van der Waals surface area contributed by atoms with Crippen LogP contribution in [0.1, 0.15) is 38.3 Å². The highest BCUT2D eigenvalue weighted by Crippen LogP contribution is 2.25. The summed E-state index contributed by atoms with van der Waals surface area (Å²) in [6.45, 7) is 5.81. The molecule has 2 aromatic carbocycles. The molecule has 1 saturated heterocycles. The maximum atomic E-state index is 13.5. The molecule has 168 valence electrons. The highest BCUT2D eigenvalue weighted by Gasteiger charge is 2.22. The lowest BCUT2D eigenvalue weighted by Gasteiger charge is -2.32. The Morgan fingerprint density at radius 3 is 2.42 bits per heavy atom. The SMILES string of the molecule is CC1CCN(c2ccc(C(C)NC(=O)CN(c3cccc(F)c3)S(C)(=O)=O)cc2)CC1. The smallest absolute Gasteiger partial charge is 0.241 e. The van der Waals surface area contributed by atoms with Gasteiger partial charge in [-0.3, -0.25) is 9.10 Å². The third kappa shape index (κ3) is 6.19. The first-order valence-corrected chi connectivity index (χ1v) is 12.4. The van der Waals surface area contributed by atoms with Crippen LogP contribution in [-0.4, -0.2) is 40.2 Å². The summed E-state index contributed by atoms with van der Waals surface area (Å²) in [5, 5.41) is 2.84. The minimum Gasteiger partial charge on any atom is -0.372 e. The largest absolute Gasteiger partial charge is 0.372 e. The van der Waals surface area contributed by atoms with Crippen molar-refractivity contribution in [1.29, 1.82) is 0 Å². The molecule has 1 atom stereocenters. The summed E-state index contributed by atoms with van der Waals surface area (Å²) in [4.78, 5) is 14.9. The van der Waals surface area contributed by atoms with E-state index in [0.717, 1.165) is 41.2 Å². The third-order valence-corrected chi connectivity index (χ3v) is 6.84. The van der Waals surface area contributed by atoms with Crippen LogP contribution in [0.3, 0.4) is 0 Å². The van der Waals surface area contributed by atoms with Crippen molar-refractivity contribution >= 4 is 27.3 Å². The van der Waals surface area contributed by atoms with Gasteiger partial charge in [0.25, 0.3) is 0 Å². The van der Waals surface area contributed by atoms with Crippen molar-refractivity contribution in [2.24, 2.45) is 5.92 Å². The van der Waals surface area contributed by atoms with E-state index in [2.05, 4.69) is 29.3 Å². The highest BCUT2D eigenvalue weighted by atomic mass is 32.2. The van der Waals surface area contributed by atoms with Crippen LogP contribution in [0.2, 0.25) is 0 Å². The average molecular weight is 448 g/mol. The van der Waals surface area contributed by atoms with Gasteiger partial charge in [-0.05, 0) is 61.6 Å². The van der Waals surface area contributed by atoms with Crippen LogP contribution in [0.5, 0.6) is 0 Å². The first-order chi connectivity index (χ1) is 14.6. The summed E-state index contributed by atoms with van der Waals surface area (Å²) >= 11 is 0. The van der Waals surface area contributed by atoms with Gasteiger partial charge >= 0.3 is 0 Å². The Bertz CT molecular complexity index is 1000. The topological polar surface area (TPSA) is 69.7 Å². The second kappa shape index (κ2) is 9.68. The van der Waals surface area contributed by atoms with Crippen LogP contribution in [0.15, 0.2) is 48.5 Å². The molecule has 0 aliphatic carbocycles. The van der Waals surface area contributed by atoms with Crippen molar-refractivity contribution in [1.82, 2.24) is 5.32 Å². The van der Waals surface area contributed by atoms with E-state index in [1.165, 1.54) is 36.7 Å². The monoisotopic (exact) mass is 447 g/mol. The predicted octanol–water partition coefficient (Wildman–Crippen LogP) is 3.71. The third-order valence-electron chi connectivity index (χ3n) is 5.70. The molecule has 2 aromatic rings. The number of hydrogen-bond acceptors (Lipinski definition) is 4. The number of nitrogens with one attached hydrogen (secondary N) is 1. The Labute approximate surface area is 184 Å². The van der Waals surface area contributed by atoms with E-state index >= 15 is 0 Å². The van der Waals surface area contributed by atoms with Gasteiger partial charge in [-0.1, -0.05) is 25.1 Å². The second-order valence-corrected chi connectivity index (χ2v) is 10.2. The van der Waals surface area contributed by atoms with E-state index < -0.39 is 28.3 Å². The number of nitrogens with zero attached hydrogens (tertiary/aromatic N) is 2. The number of rotatable bonds is 7. The fourth-order valence-electron chi connectivity index (χ4n) is 3.77. The predicted molar refractivity (Wildman–Crippen MR) is 122 cm³/mol. The number of amides is 1. The number of benzene rings is 2. The number of anilines is 2. The normalized spacial score (nSPS) is 16.1. The van der Waals surface area contributed by atoms with Crippen LogP contribution >= 0.6 is 0 Å². The zero-order valence-electron chi connectivity index (χ0n) is 18.2. The van der Waals surface area contributed by atoms with Crippen molar-refractivity contribution < 1.29 is 17.6 Å². The van der Waals surface area contributed by atoms with Crippen LogP contribution in [0.4, 0.5) is 15.8 Å². The molecule has 8 heteroatoms. The first-order valence-electron chi connectivity index (χ1n) is 10.5. The number of carbonyl (C=O) groups is 1. The Morgan fingerprint density at radius 1 is 1.19 bits per heavy atom. The molecule has 1 N–H and O–H groups in total. The van der Waals surface area contributed by atoms with E-state index in [1.54, 1.807) is 0 Å². The van der Waals surface area contributed by atoms with Crippen molar-refractivity contribution in [3.63, 3.8) is 0 Å². The highest BCUT2D eigenvalue weighted by molar-refractivity contribution is 7.92. The Balaban J connectivity index is 1.64. The van der Waals surface area contributed by atoms with Gasteiger partial charge < -0.3 is 10.2 Å². The molecule has 1 heterocycles. The molecule has 0 radical (unpaired) electrons. The number of sulfonamides is 1. The Morgan fingerprint density at radius 2 is 1.84 bits per heavy atom. The molecule has 1 aliphatic heterocycles. The summed E-state index contributed by atoms with van der Waals surface area (Å²) < 4.78 is 38.8. The van der Waals surface area contributed by atoms with Crippen LogP contribution < -0.4 is 14.5 Å². The van der Waals surface area contributed by atoms with Gasteiger partial charge in [0.05, 0.1) is 18.0 Å². The molecule has 0 spiro atoms. The van der Waals surface area contributed by atoms with Gasteiger partial charge in [0.2, 0.25) is 15.9 Å². The molecule has 1 aliphatic rings. The van der Waals surface area contributed by atoms with Crippen LogP contribution in [0.25, 0.3) is 0 Å². The number of hydrogen-bond donors (Lipinski definition) is 1. The van der Waals surface area contributed by atoms with Crippen molar-refractivity contribution in [3.05, 3.63) is 59.9 Å². The molecule has 1 unspecified atom stereocenters. The number of carbonyl (C=O) groups excluding carboxylic acids is 1. The fraction of sp³-hybridized carbons (Fsp3) is 0.435. The molecule has 6 nitrogen and oxygen atoms in total. The molecular formula is C23H30FN3O3S. The van der Waals surface area contributed by atoms with Gasteiger partial charge in [-0.15, -0.1) is 0 Å². The lowest BCUT2D eigenvalue weighted by Crippen LogP contribution is -2.41. The maximum Gasteiger partial charge on any atom is 0.241 e. The maximum absolute atomic E-state index is 13.5. The van der Waals surface area contributed by atoms with Crippen molar-refractivity contribution in [2.75, 3.05) is 35.1 Å².